The fourth-order valence-electron chi connectivity index (χ4n) is 3.62. The van der Waals surface area contributed by atoms with Crippen LogP contribution in [0.4, 0.5) is 10.5 Å². The molecule has 2 heterocycles. The monoisotopic (exact) mass is 358 g/mol. The quantitative estimate of drug-likeness (QED) is 0.614. The normalized spacial score (nSPS) is 22.2. The average Bonchev–Trinajstić information content (AvgIpc) is 3.19. The summed E-state index contributed by atoms with van der Waals surface area (Å²) < 4.78 is 10.2. The Morgan fingerprint density at radius 3 is 2.50 bits per heavy atom. The van der Waals surface area contributed by atoms with E-state index in [0.29, 0.717) is 6.54 Å². The predicted molar refractivity (Wildman–Crippen MR) is 100.0 cm³/mol. The Hall–Kier alpha value is -2.50. The van der Waals surface area contributed by atoms with Gasteiger partial charge in [-0.05, 0) is 44.9 Å². The summed E-state index contributed by atoms with van der Waals surface area (Å²) in [5.74, 6) is -0.376. The molecule has 0 aliphatic carbocycles. The number of esters is 1. The van der Waals surface area contributed by atoms with Crippen molar-refractivity contribution >= 4 is 23.8 Å². The molecular formula is C20H26N2O4. The summed E-state index contributed by atoms with van der Waals surface area (Å²) in [6.07, 6.45) is 3.91. The number of anilines is 1. The molecule has 6 heteroatoms. The van der Waals surface area contributed by atoms with E-state index in [9.17, 15) is 9.59 Å². The molecule has 2 saturated heterocycles. The van der Waals surface area contributed by atoms with Crippen LogP contribution in [0.15, 0.2) is 30.3 Å². The second-order valence-corrected chi connectivity index (χ2v) is 7.74. The van der Waals surface area contributed by atoms with Crippen LogP contribution in [0.3, 0.4) is 0 Å². The number of fused-ring (bicyclic) bond motifs is 2. The molecule has 2 bridgehead atoms. The van der Waals surface area contributed by atoms with E-state index in [0.717, 1.165) is 24.2 Å². The van der Waals surface area contributed by atoms with Gasteiger partial charge in [-0.15, -0.1) is 0 Å². The number of amides is 1. The van der Waals surface area contributed by atoms with Crippen molar-refractivity contribution in [1.29, 1.82) is 0 Å². The van der Waals surface area contributed by atoms with Crippen molar-refractivity contribution in [3.63, 3.8) is 0 Å². The molecule has 2 unspecified atom stereocenters. The number of rotatable bonds is 3. The third-order valence-corrected chi connectivity index (χ3v) is 4.71. The Morgan fingerprint density at radius 2 is 1.88 bits per heavy atom. The number of carbonyl (C=O) groups excluding carboxylic acids is 2. The Morgan fingerprint density at radius 1 is 1.15 bits per heavy atom. The fourth-order valence-corrected chi connectivity index (χ4v) is 3.62. The summed E-state index contributed by atoms with van der Waals surface area (Å²) in [7, 11) is 1.36. The molecule has 3 rings (SSSR count). The van der Waals surface area contributed by atoms with Crippen molar-refractivity contribution < 1.29 is 19.1 Å². The van der Waals surface area contributed by atoms with Crippen LogP contribution in [0, 0.1) is 0 Å². The second-order valence-electron chi connectivity index (χ2n) is 7.74. The van der Waals surface area contributed by atoms with E-state index in [-0.39, 0.29) is 24.1 Å². The maximum absolute atomic E-state index is 12.4. The van der Waals surface area contributed by atoms with Crippen molar-refractivity contribution in [2.24, 2.45) is 0 Å². The van der Waals surface area contributed by atoms with Gasteiger partial charge in [-0.3, -0.25) is 0 Å². The van der Waals surface area contributed by atoms with Gasteiger partial charge in [0.1, 0.15) is 5.60 Å². The lowest BCUT2D eigenvalue weighted by molar-refractivity contribution is -0.134. The van der Waals surface area contributed by atoms with Gasteiger partial charge in [-0.2, -0.15) is 0 Å². The summed E-state index contributed by atoms with van der Waals surface area (Å²) in [6.45, 7) is 7.09. The Balaban J connectivity index is 1.73. The number of piperazine rings is 1. The van der Waals surface area contributed by atoms with E-state index >= 15 is 0 Å². The highest BCUT2D eigenvalue weighted by Gasteiger charge is 2.46. The molecule has 1 amide bonds. The van der Waals surface area contributed by atoms with Gasteiger partial charge in [0, 0.05) is 30.9 Å². The summed E-state index contributed by atoms with van der Waals surface area (Å²) in [5.41, 5.74) is 1.56. The number of nitrogens with zero attached hydrogens (tertiary/aromatic N) is 2. The number of ether oxygens (including phenoxy) is 2. The third kappa shape index (κ3) is 3.84. The van der Waals surface area contributed by atoms with Gasteiger partial charge in [0.2, 0.25) is 0 Å². The van der Waals surface area contributed by atoms with Crippen LogP contribution in [0.5, 0.6) is 0 Å². The zero-order valence-electron chi connectivity index (χ0n) is 15.8. The maximum Gasteiger partial charge on any atom is 0.410 e. The van der Waals surface area contributed by atoms with Gasteiger partial charge >= 0.3 is 12.1 Å². The van der Waals surface area contributed by atoms with Gasteiger partial charge in [0.15, 0.2) is 0 Å². The molecule has 0 N–H and O–H groups in total. The minimum absolute atomic E-state index is 0.160. The van der Waals surface area contributed by atoms with E-state index < -0.39 is 5.60 Å². The average molecular weight is 358 g/mol. The van der Waals surface area contributed by atoms with Crippen LogP contribution in [-0.2, 0) is 14.3 Å². The first-order valence-corrected chi connectivity index (χ1v) is 8.90. The molecule has 1 aromatic rings. The lowest BCUT2D eigenvalue weighted by Gasteiger charge is -2.37. The summed E-state index contributed by atoms with van der Waals surface area (Å²) in [6, 6.07) is 8.39. The van der Waals surface area contributed by atoms with E-state index in [4.69, 9.17) is 4.74 Å². The molecule has 0 aromatic heterocycles. The highest BCUT2D eigenvalue weighted by atomic mass is 16.6. The van der Waals surface area contributed by atoms with Crippen LogP contribution in [0.25, 0.3) is 6.08 Å². The largest absolute Gasteiger partial charge is 0.466 e. The minimum atomic E-state index is -0.482. The zero-order chi connectivity index (χ0) is 18.9. The van der Waals surface area contributed by atoms with Crippen LogP contribution in [0.2, 0.25) is 0 Å². The smallest absolute Gasteiger partial charge is 0.410 e. The first kappa shape index (κ1) is 18.3. The summed E-state index contributed by atoms with van der Waals surface area (Å²) in [4.78, 5) is 28.0. The number of para-hydroxylation sites is 1. The molecule has 140 valence electrons. The first-order chi connectivity index (χ1) is 12.3. The number of methoxy groups -OCH3 is 1. The van der Waals surface area contributed by atoms with Crippen molar-refractivity contribution in [2.75, 3.05) is 25.1 Å². The van der Waals surface area contributed by atoms with E-state index in [2.05, 4.69) is 15.7 Å². The number of carbonyl (C=O) groups is 2. The van der Waals surface area contributed by atoms with Gasteiger partial charge in [-0.1, -0.05) is 18.2 Å². The Kier molecular flexibility index (Phi) is 4.94. The van der Waals surface area contributed by atoms with Crippen LogP contribution in [-0.4, -0.2) is 54.8 Å². The zero-order valence-corrected chi connectivity index (χ0v) is 15.8. The molecule has 2 atom stereocenters. The topological polar surface area (TPSA) is 59.1 Å². The molecule has 2 aliphatic rings. The van der Waals surface area contributed by atoms with Gasteiger partial charge in [0.25, 0.3) is 0 Å². The van der Waals surface area contributed by atoms with Gasteiger partial charge < -0.3 is 19.3 Å². The molecule has 0 radical (unpaired) electrons. The lowest BCUT2D eigenvalue weighted by Crippen LogP contribution is -2.50. The molecule has 1 aromatic carbocycles. The highest BCUT2D eigenvalue weighted by molar-refractivity contribution is 5.88. The van der Waals surface area contributed by atoms with Crippen LogP contribution < -0.4 is 4.90 Å². The van der Waals surface area contributed by atoms with Crippen molar-refractivity contribution in [3.05, 3.63) is 35.9 Å². The molecule has 0 spiro atoms. The second kappa shape index (κ2) is 7.02. The Bertz CT molecular complexity index is 723. The van der Waals surface area contributed by atoms with Crippen LogP contribution in [0.1, 0.15) is 32.8 Å². The fraction of sp³-hybridized carbons (Fsp3) is 0.500. The molecule has 6 nitrogen and oxygen atoms in total. The lowest BCUT2D eigenvalue weighted by atomic mass is 10.1. The van der Waals surface area contributed by atoms with E-state index in [1.807, 2.05) is 43.9 Å². The van der Waals surface area contributed by atoms with E-state index in [1.54, 1.807) is 6.08 Å². The third-order valence-electron chi connectivity index (χ3n) is 4.71. The van der Waals surface area contributed by atoms with Gasteiger partial charge in [0.05, 0.1) is 13.2 Å². The summed E-state index contributed by atoms with van der Waals surface area (Å²) in [5, 5.41) is 0. The Labute approximate surface area is 154 Å². The van der Waals surface area contributed by atoms with Crippen molar-refractivity contribution in [3.8, 4) is 0 Å². The van der Waals surface area contributed by atoms with Crippen molar-refractivity contribution in [1.82, 2.24) is 4.90 Å². The number of benzene rings is 1. The minimum Gasteiger partial charge on any atom is -0.466 e. The molecule has 0 saturated carbocycles. The standard InChI is InChI=1S/C20H26N2O4/c1-20(2,3)26-19(24)22-13-15-11-16(22)12-21(15)17-8-6-5-7-14(17)9-10-18(23)25-4/h5-10,15-16H,11-13H2,1-4H3/b10-9+. The first-order valence-electron chi connectivity index (χ1n) is 8.90. The van der Waals surface area contributed by atoms with Gasteiger partial charge in [-0.25, -0.2) is 9.59 Å². The molecular weight excluding hydrogens is 332 g/mol. The molecule has 26 heavy (non-hydrogen) atoms. The number of hydrogen-bond acceptors (Lipinski definition) is 5. The molecule has 2 aliphatic heterocycles. The van der Waals surface area contributed by atoms with Crippen LogP contribution >= 0.6 is 0 Å². The summed E-state index contributed by atoms with van der Waals surface area (Å²) >= 11 is 0. The van der Waals surface area contributed by atoms with Crippen molar-refractivity contribution in [2.45, 2.75) is 44.9 Å². The highest BCUT2D eigenvalue weighted by Crippen LogP contribution is 2.37. The SMILES string of the molecule is COC(=O)/C=C/c1ccccc1N1CC2CC1CN2C(=O)OC(C)(C)C. The molecule has 2 fully saturated rings. The van der Waals surface area contributed by atoms with E-state index in [1.165, 1.54) is 13.2 Å². The predicted octanol–water partition coefficient (Wildman–Crippen LogP) is 3.07. The number of likely N-dealkylation sites (tertiary alicyclic amines) is 1. The maximum atomic E-state index is 12.4. The number of hydrogen-bond donors (Lipinski definition) is 0.